The third-order valence-corrected chi connectivity index (χ3v) is 4.51. The minimum absolute atomic E-state index is 0.175. The summed E-state index contributed by atoms with van der Waals surface area (Å²) in [5, 5.41) is 3.37. The molecule has 0 unspecified atom stereocenters. The number of aromatic nitrogens is 2. The maximum absolute atomic E-state index is 11.9. The lowest BCUT2D eigenvalue weighted by atomic mass is 10.1. The van der Waals surface area contributed by atoms with Gasteiger partial charge in [-0.05, 0) is 44.2 Å². The lowest BCUT2D eigenvalue weighted by Crippen LogP contribution is -2.32. The number of rotatable bonds is 10. The van der Waals surface area contributed by atoms with Gasteiger partial charge in [0.2, 0.25) is 0 Å². The van der Waals surface area contributed by atoms with Crippen LogP contribution in [0.2, 0.25) is 0 Å². The Morgan fingerprint density at radius 3 is 2.43 bits per heavy atom. The van der Waals surface area contributed by atoms with Gasteiger partial charge in [0.25, 0.3) is 5.91 Å². The lowest BCUT2D eigenvalue weighted by Gasteiger charge is -2.10. The van der Waals surface area contributed by atoms with Crippen molar-refractivity contribution in [1.29, 1.82) is 0 Å². The predicted octanol–water partition coefficient (Wildman–Crippen LogP) is 2.49. The van der Waals surface area contributed by atoms with Gasteiger partial charge < -0.3 is 14.8 Å². The van der Waals surface area contributed by atoms with Crippen molar-refractivity contribution in [2.24, 2.45) is 0 Å². The highest BCUT2D eigenvalue weighted by Gasteiger charge is 2.12. The minimum atomic E-state index is -0.427. The molecule has 0 saturated heterocycles. The number of carbonyl (C=O) groups excluding carboxylic acids is 2. The molecule has 0 atom stereocenters. The van der Waals surface area contributed by atoms with E-state index in [1.165, 1.54) is 11.8 Å². The van der Waals surface area contributed by atoms with Crippen LogP contribution in [-0.4, -0.2) is 47.9 Å². The molecule has 8 heteroatoms. The molecule has 0 bridgehead atoms. The Hall–Kier alpha value is -2.61. The van der Waals surface area contributed by atoms with E-state index in [0.717, 1.165) is 22.7 Å². The van der Waals surface area contributed by atoms with Gasteiger partial charge in [-0.15, -0.1) is 0 Å². The fourth-order valence-corrected chi connectivity index (χ4v) is 2.99. The number of hydrogen-bond acceptors (Lipinski definition) is 7. The maximum atomic E-state index is 11.9. The maximum Gasteiger partial charge on any atom is 0.306 e. The summed E-state index contributed by atoms with van der Waals surface area (Å²) in [5.41, 5.74) is 2.67. The molecule has 1 N–H and O–H groups in total. The highest BCUT2D eigenvalue weighted by Crippen LogP contribution is 2.17. The summed E-state index contributed by atoms with van der Waals surface area (Å²) in [4.78, 5) is 32.4. The number of ether oxygens (including phenoxy) is 2. The molecule has 7 nitrogen and oxygen atoms in total. The highest BCUT2D eigenvalue weighted by atomic mass is 32.2. The van der Waals surface area contributed by atoms with E-state index in [1.807, 2.05) is 50.4 Å². The standard InChI is InChI=1S/C20H25N3O4S/c1-14-17(15(2)23-20(22-14)28-3)9-10-19(25)27-13-18(24)21-11-12-26-16-7-5-4-6-8-16/h4-8H,9-13H2,1-3H3,(H,21,24). The normalized spacial score (nSPS) is 10.4. The van der Waals surface area contributed by atoms with Crippen LogP contribution >= 0.6 is 11.8 Å². The van der Waals surface area contributed by atoms with Crippen molar-refractivity contribution in [2.75, 3.05) is 26.0 Å². The van der Waals surface area contributed by atoms with E-state index in [-0.39, 0.29) is 18.9 Å². The van der Waals surface area contributed by atoms with Crippen LogP contribution < -0.4 is 10.1 Å². The van der Waals surface area contributed by atoms with Crippen molar-refractivity contribution in [1.82, 2.24) is 15.3 Å². The Balaban J connectivity index is 1.65. The van der Waals surface area contributed by atoms with Gasteiger partial charge >= 0.3 is 5.97 Å². The molecule has 0 radical (unpaired) electrons. The molecular weight excluding hydrogens is 378 g/mol. The summed E-state index contributed by atoms with van der Waals surface area (Å²) in [6, 6.07) is 9.33. The monoisotopic (exact) mass is 403 g/mol. The second-order valence-electron chi connectivity index (χ2n) is 6.03. The smallest absolute Gasteiger partial charge is 0.306 e. The summed E-state index contributed by atoms with van der Waals surface area (Å²) < 4.78 is 10.5. The van der Waals surface area contributed by atoms with E-state index in [0.29, 0.717) is 24.7 Å². The van der Waals surface area contributed by atoms with Gasteiger partial charge in [-0.25, -0.2) is 9.97 Å². The van der Waals surface area contributed by atoms with Gasteiger partial charge in [0.05, 0.1) is 6.54 Å². The van der Waals surface area contributed by atoms with Gasteiger partial charge in [0, 0.05) is 17.8 Å². The third-order valence-electron chi connectivity index (χ3n) is 3.96. The summed E-state index contributed by atoms with van der Waals surface area (Å²) in [6.07, 6.45) is 2.58. The van der Waals surface area contributed by atoms with Crippen LogP contribution in [0.1, 0.15) is 23.4 Å². The number of carbonyl (C=O) groups is 2. The average molecular weight is 404 g/mol. The van der Waals surface area contributed by atoms with Crippen molar-refractivity contribution < 1.29 is 19.1 Å². The Morgan fingerprint density at radius 2 is 1.79 bits per heavy atom. The number of esters is 1. The van der Waals surface area contributed by atoms with Crippen molar-refractivity contribution in [3.63, 3.8) is 0 Å². The van der Waals surface area contributed by atoms with Crippen LogP contribution in [0.15, 0.2) is 35.5 Å². The number of nitrogens with zero attached hydrogens (tertiary/aromatic N) is 2. The molecule has 1 aromatic heterocycles. The van der Waals surface area contributed by atoms with E-state index < -0.39 is 5.97 Å². The average Bonchev–Trinajstić information content (AvgIpc) is 2.69. The lowest BCUT2D eigenvalue weighted by molar-refractivity contribution is -0.148. The first-order chi connectivity index (χ1) is 13.5. The second kappa shape index (κ2) is 11.3. The van der Waals surface area contributed by atoms with Crippen LogP contribution in [0.3, 0.4) is 0 Å². The first-order valence-electron chi connectivity index (χ1n) is 8.98. The Labute approximate surface area is 169 Å². The molecule has 2 rings (SSSR count). The Bertz CT molecular complexity index is 776. The Morgan fingerprint density at radius 1 is 1.11 bits per heavy atom. The van der Waals surface area contributed by atoms with Gasteiger partial charge in [-0.2, -0.15) is 0 Å². The van der Waals surface area contributed by atoms with Crippen LogP contribution in [0.25, 0.3) is 0 Å². The van der Waals surface area contributed by atoms with Gasteiger partial charge in [0.1, 0.15) is 12.4 Å². The summed E-state index contributed by atoms with van der Waals surface area (Å²) in [5.74, 6) is -0.0447. The zero-order valence-electron chi connectivity index (χ0n) is 16.4. The van der Waals surface area contributed by atoms with E-state index in [1.54, 1.807) is 0 Å². The summed E-state index contributed by atoms with van der Waals surface area (Å²) in [7, 11) is 0. The van der Waals surface area contributed by atoms with Gasteiger partial charge in [-0.1, -0.05) is 30.0 Å². The number of amides is 1. The van der Waals surface area contributed by atoms with Crippen molar-refractivity contribution in [2.45, 2.75) is 31.8 Å². The topological polar surface area (TPSA) is 90.4 Å². The van der Waals surface area contributed by atoms with E-state index >= 15 is 0 Å². The van der Waals surface area contributed by atoms with Crippen molar-refractivity contribution in [3.05, 3.63) is 47.3 Å². The quantitative estimate of drug-likeness (QED) is 0.282. The van der Waals surface area contributed by atoms with E-state index in [9.17, 15) is 9.59 Å². The molecule has 1 amide bonds. The molecule has 1 heterocycles. The van der Waals surface area contributed by atoms with Crippen LogP contribution in [-0.2, 0) is 20.7 Å². The number of aryl methyl sites for hydroxylation is 2. The molecule has 150 valence electrons. The first-order valence-corrected chi connectivity index (χ1v) is 10.2. The summed E-state index contributed by atoms with van der Waals surface area (Å²) in [6.45, 7) is 4.18. The zero-order valence-corrected chi connectivity index (χ0v) is 17.2. The molecule has 2 aromatic rings. The molecule has 0 spiro atoms. The number of nitrogens with one attached hydrogen (secondary N) is 1. The molecule has 0 aliphatic rings. The molecule has 0 aliphatic carbocycles. The SMILES string of the molecule is CSc1nc(C)c(CCC(=O)OCC(=O)NCCOc2ccccc2)c(C)n1. The predicted molar refractivity (Wildman–Crippen MR) is 108 cm³/mol. The highest BCUT2D eigenvalue weighted by molar-refractivity contribution is 7.98. The van der Waals surface area contributed by atoms with Gasteiger partial charge in [-0.3, -0.25) is 9.59 Å². The summed E-state index contributed by atoms with van der Waals surface area (Å²) >= 11 is 1.48. The number of para-hydroxylation sites is 1. The molecule has 0 aliphatic heterocycles. The molecule has 0 saturated carbocycles. The van der Waals surface area contributed by atoms with Crippen LogP contribution in [0, 0.1) is 13.8 Å². The number of benzene rings is 1. The fraction of sp³-hybridized carbons (Fsp3) is 0.400. The number of thioether (sulfide) groups is 1. The molecule has 28 heavy (non-hydrogen) atoms. The zero-order chi connectivity index (χ0) is 20.4. The molecule has 1 aromatic carbocycles. The van der Waals surface area contributed by atoms with Crippen LogP contribution in [0.5, 0.6) is 5.75 Å². The molecule has 0 fully saturated rings. The largest absolute Gasteiger partial charge is 0.492 e. The van der Waals surface area contributed by atoms with Crippen LogP contribution in [0.4, 0.5) is 0 Å². The Kier molecular flexibility index (Phi) is 8.74. The van der Waals surface area contributed by atoms with E-state index in [2.05, 4.69) is 15.3 Å². The minimum Gasteiger partial charge on any atom is -0.492 e. The third kappa shape index (κ3) is 7.19. The van der Waals surface area contributed by atoms with Crippen molar-refractivity contribution in [3.8, 4) is 5.75 Å². The molecular formula is C20H25N3O4S. The number of hydrogen-bond donors (Lipinski definition) is 1. The fourth-order valence-electron chi connectivity index (χ4n) is 2.53. The van der Waals surface area contributed by atoms with Crippen molar-refractivity contribution >= 4 is 23.6 Å². The first kappa shape index (κ1) is 21.7. The second-order valence-corrected chi connectivity index (χ2v) is 6.81. The van der Waals surface area contributed by atoms with Gasteiger partial charge in [0.15, 0.2) is 11.8 Å². The van der Waals surface area contributed by atoms with E-state index in [4.69, 9.17) is 9.47 Å².